The first kappa shape index (κ1) is 16.0. The van der Waals surface area contributed by atoms with E-state index in [-0.39, 0.29) is 18.5 Å². The van der Waals surface area contributed by atoms with E-state index < -0.39 is 29.5 Å². The number of hydrogen-bond donors (Lipinski definition) is 2. The molecule has 0 aliphatic rings. The molecule has 0 spiro atoms. The van der Waals surface area contributed by atoms with Gasteiger partial charge in [-0.05, 0) is 11.6 Å². The van der Waals surface area contributed by atoms with E-state index in [9.17, 15) is 22.8 Å². The van der Waals surface area contributed by atoms with Crippen LogP contribution in [-0.4, -0.2) is 23.5 Å². The summed E-state index contributed by atoms with van der Waals surface area (Å²) < 4.78 is 37.4. The molecule has 0 bridgehead atoms. The summed E-state index contributed by atoms with van der Waals surface area (Å²) in [6.07, 6.45) is -4.68. The first-order valence-corrected chi connectivity index (χ1v) is 5.86. The largest absolute Gasteiger partial charge is 0.481 e. The predicted molar refractivity (Wildman–Crippen MR) is 65.0 cm³/mol. The van der Waals surface area contributed by atoms with Crippen LogP contribution in [0.2, 0.25) is 0 Å². The topological polar surface area (TPSA) is 66.4 Å². The summed E-state index contributed by atoms with van der Waals surface area (Å²) in [5, 5.41) is 11.0. The quantitative estimate of drug-likeness (QED) is 0.872. The number of nitrogens with one attached hydrogen (secondary N) is 1. The van der Waals surface area contributed by atoms with Crippen molar-refractivity contribution in [3.8, 4) is 0 Å². The second kappa shape index (κ2) is 6.40. The van der Waals surface area contributed by atoms with Gasteiger partial charge in [0.25, 0.3) is 0 Å². The normalized spacial score (nSPS) is 12.8. The van der Waals surface area contributed by atoms with Crippen LogP contribution in [0.5, 0.6) is 0 Å². The molecule has 0 aromatic heterocycles. The Kier molecular flexibility index (Phi) is 5.12. The molecule has 0 fully saturated rings. The molecule has 1 aromatic carbocycles. The molecule has 7 heteroatoms. The van der Waals surface area contributed by atoms with Crippen LogP contribution in [0.3, 0.4) is 0 Å². The highest BCUT2D eigenvalue weighted by atomic mass is 19.4. The molecule has 1 rings (SSSR count). The molecule has 0 saturated carbocycles. The Morgan fingerprint density at radius 2 is 2.00 bits per heavy atom. The zero-order valence-corrected chi connectivity index (χ0v) is 10.7. The molecule has 110 valence electrons. The van der Waals surface area contributed by atoms with Crippen molar-refractivity contribution >= 4 is 11.9 Å². The van der Waals surface area contributed by atoms with Gasteiger partial charge in [-0.3, -0.25) is 9.59 Å². The van der Waals surface area contributed by atoms with E-state index in [4.69, 9.17) is 5.11 Å². The maximum Gasteiger partial charge on any atom is 0.416 e. The van der Waals surface area contributed by atoms with Crippen molar-refractivity contribution in [3.63, 3.8) is 0 Å². The third kappa shape index (κ3) is 4.91. The summed E-state index contributed by atoms with van der Waals surface area (Å²) in [4.78, 5) is 22.1. The van der Waals surface area contributed by atoms with Crippen molar-refractivity contribution in [3.05, 3.63) is 35.4 Å². The summed E-state index contributed by atoms with van der Waals surface area (Å²) >= 11 is 0. The molecule has 0 heterocycles. The van der Waals surface area contributed by atoms with Gasteiger partial charge in [-0.25, -0.2) is 0 Å². The highest BCUT2D eigenvalue weighted by Crippen LogP contribution is 2.29. The summed E-state index contributed by atoms with van der Waals surface area (Å²) in [6.45, 7) is 1.36. The van der Waals surface area contributed by atoms with Crippen molar-refractivity contribution in [1.82, 2.24) is 5.32 Å². The highest BCUT2D eigenvalue weighted by Gasteiger charge is 2.30. The van der Waals surface area contributed by atoms with Gasteiger partial charge < -0.3 is 10.4 Å². The molecule has 20 heavy (non-hydrogen) atoms. The number of carbonyl (C=O) groups is 2. The lowest BCUT2D eigenvalue weighted by Gasteiger charge is -2.10. The van der Waals surface area contributed by atoms with Crippen LogP contribution in [0.4, 0.5) is 13.2 Å². The number of carbonyl (C=O) groups excluding carboxylic acids is 1. The molecular formula is C13H14F3NO3. The monoisotopic (exact) mass is 289 g/mol. The summed E-state index contributed by atoms with van der Waals surface area (Å²) in [7, 11) is 0. The Bertz CT molecular complexity index is 500. The number of carboxylic acid groups (broad SMARTS) is 1. The molecule has 1 atom stereocenters. The molecule has 0 saturated heterocycles. The Balaban J connectivity index is 2.61. The van der Waals surface area contributed by atoms with Crippen LogP contribution in [0.1, 0.15) is 18.1 Å². The molecular weight excluding hydrogens is 275 g/mol. The molecule has 0 aliphatic carbocycles. The average Bonchev–Trinajstić information content (AvgIpc) is 2.35. The molecule has 2 N–H and O–H groups in total. The van der Waals surface area contributed by atoms with Crippen molar-refractivity contribution in [2.24, 2.45) is 5.92 Å². The summed E-state index contributed by atoms with van der Waals surface area (Å²) in [6, 6.07) is 4.47. The second-order valence-electron chi connectivity index (χ2n) is 4.42. The number of rotatable bonds is 5. The number of aliphatic carboxylic acids is 1. The number of alkyl halides is 3. The fourth-order valence-corrected chi connectivity index (χ4v) is 1.46. The lowest BCUT2D eigenvalue weighted by molar-refractivity contribution is -0.141. The van der Waals surface area contributed by atoms with Crippen LogP contribution in [-0.2, 0) is 22.2 Å². The van der Waals surface area contributed by atoms with Gasteiger partial charge in [-0.2, -0.15) is 13.2 Å². The third-order valence-electron chi connectivity index (χ3n) is 2.65. The number of amides is 1. The number of hydrogen-bond acceptors (Lipinski definition) is 2. The number of carboxylic acids is 1. The lowest BCUT2D eigenvalue weighted by Crippen LogP contribution is -2.32. The van der Waals surface area contributed by atoms with Crippen LogP contribution in [0.25, 0.3) is 0 Å². The fourth-order valence-electron chi connectivity index (χ4n) is 1.46. The second-order valence-corrected chi connectivity index (χ2v) is 4.42. The Labute approximate surface area is 113 Å². The Morgan fingerprint density at radius 1 is 1.35 bits per heavy atom. The fraction of sp³-hybridized carbons (Fsp3) is 0.385. The number of halogens is 3. The maximum atomic E-state index is 12.5. The van der Waals surface area contributed by atoms with Gasteiger partial charge >= 0.3 is 12.1 Å². The molecule has 1 amide bonds. The lowest BCUT2D eigenvalue weighted by atomic mass is 10.1. The first-order valence-electron chi connectivity index (χ1n) is 5.86. The predicted octanol–water partition coefficient (Wildman–Crippen LogP) is 2.08. The molecule has 0 unspecified atom stereocenters. The maximum absolute atomic E-state index is 12.5. The van der Waals surface area contributed by atoms with Crippen molar-refractivity contribution in [1.29, 1.82) is 0 Å². The molecule has 0 aliphatic heterocycles. The van der Waals surface area contributed by atoms with E-state index in [1.165, 1.54) is 19.1 Å². The van der Waals surface area contributed by atoms with Gasteiger partial charge in [-0.15, -0.1) is 0 Å². The minimum Gasteiger partial charge on any atom is -0.481 e. The number of benzene rings is 1. The van der Waals surface area contributed by atoms with Crippen molar-refractivity contribution in [2.45, 2.75) is 19.5 Å². The van der Waals surface area contributed by atoms with Gasteiger partial charge in [0.05, 0.1) is 17.9 Å². The van der Waals surface area contributed by atoms with Gasteiger partial charge in [-0.1, -0.05) is 25.1 Å². The van der Waals surface area contributed by atoms with Crippen LogP contribution in [0, 0.1) is 5.92 Å². The van der Waals surface area contributed by atoms with E-state index in [0.29, 0.717) is 0 Å². The summed E-state index contributed by atoms with van der Waals surface area (Å²) in [5.41, 5.74) is -0.595. The van der Waals surface area contributed by atoms with E-state index in [1.54, 1.807) is 0 Å². The van der Waals surface area contributed by atoms with Crippen LogP contribution in [0.15, 0.2) is 24.3 Å². The van der Waals surface area contributed by atoms with E-state index in [0.717, 1.165) is 12.1 Å². The average molecular weight is 289 g/mol. The minimum absolute atomic E-state index is 0.0624. The Morgan fingerprint density at radius 3 is 2.55 bits per heavy atom. The molecule has 1 aromatic rings. The summed E-state index contributed by atoms with van der Waals surface area (Å²) in [5.74, 6) is -2.32. The smallest absolute Gasteiger partial charge is 0.416 e. The SMILES string of the molecule is C[C@H](CNC(=O)Cc1cccc(C(F)(F)F)c1)C(=O)O. The van der Waals surface area contributed by atoms with Gasteiger partial charge in [0, 0.05) is 6.54 Å². The van der Waals surface area contributed by atoms with Crippen LogP contribution >= 0.6 is 0 Å². The van der Waals surface area contributed by atoms with Gasteiger partial charge in [0.2, 0.25) is 5.91 Å². The highest BCUT2D eigenvalue weighted by molar-refractivity contribution is 5.79. The first-order chi connectivity index (χ1) is 9.20. The van der Waals surface area contributed by atoms with Gasteiger partial charge in [0.1, 0.15) is 0 Å². The standard InChI is InChI=1S/C13H14F3NO3/c1-8(12(19)20)7-17-11(18)6-9-3-2-4-10(5-9)13(14,15)16/h2-5,8H,6-7H2,1H3,(H,17,18)(H,19,20)/t8-/m1/s1. The minimum atomic E-state index is -4.45. The zero-order chi connectivity index (χ0) is 15.3. The van der Waals surface area contributed by atoms with Gasteiger partial charge in [0.15, 0.2) is 0 Å². The van der Waals surface area contributed by atoms with E-state index in [1.807, 2.05) is 0 Å². The zero-order valence-electron chi connectivity index (χ0n) is 10.7. The van der Waals surface area contributed by atoms with E-state index >= 15 is 0 Å². The van der Waals surface area contributed by atoms with E-state index in [2.05, 4.69) is 5.32 Å². The van der Waals surface area contributed by atoms with Crippen LogP contribution < -0.4 is 5.32 Å². The Hall–Kier alpha value is -2.05. The van der Waals surface area contributed by atoms with Crippen molar-refractivity contribution < 1.29 is 27.9 Å². The molecule has 0 radical (unpaired) electrons. The van der Waals surface area contributed by atoms with Crippen molar-refractivity contribution in [2.75, 3.05) is 6.54 Å². The third-order valence-corrected chi connectivity index (χ3v) is 2.65. The molecule has 4 nitrogen and oxygen atoms in total.